The smallest absolute Gasteiger partial charge is 0.0765 e. The fourth-order valence-corrected chi connectivity index (χ4v) is 1.75. The van der Waals surface area contributed by atoms with Crippen LogP contribution in [0.3, 0.4) is 0 Å². The van der Waals surface area contributed by atoms with Crippen LogP contribution in [0.2, 0.25) is 0 Å². The highest BCUT2D eigenvalue weighted by molar-refractivity contribution is 5.46. The third-order valence-electron chi connectivity index (χ3n) is 2.57. The minimum Gasteiger partial charge on any atom is -0.390 e. The second-order valence-electron chi connectivity index (χ2n) is 3.68. The van der Waals surface area contributed by atoms with Crippen molar-refractivity contribution in [3.8, 4) is 0 Å². The Morgan fingerprint density at radius 2 is 2.19 bits per heavy atom. The molecule has 0 saturated carbocycles. The maximum Gasteiger partial charge on any atom is 0.0765 e. The Morgan fingerprint density at radius 3 is 2.69 bits per heavy atom. The van der Waals surface area contributed by atoms with E-state index in [4.69, 9.17) is 11.1 Å². The fraction of sp³-hybridized carbons (Fsp3) is 0.600. The first-order valence-electron chi connectivity index (χ1n) is 5.46. The van der Waals surface area contributed by atoms with E-state index in [1.165, 1.54) is 12.8 Å². The van der Waals surface area contributed by atoms with Gasteiger partial charge in [0.1, 0.15) is 0 Å². The van der Waals surface area contributed by atoms with E-state index < -0.39 is 0 Å². The van der Waals surface area contributed by atoms with Crippen LogP contribution in [0.1, 0.15) is 24.4 Å². The number of piperidine rings is 1. The summed E-state index contributed by atoms with van der Waals surface area (Å²) in [5.41, 5.74) is 11.0. The van der Waals surface area contributed by atoms with E-state index in [1.54, 1.807) is 0 Å². The van der Waals surface area contributed by atoms with E-state index in [0.717, 1.165) is 25.0 Å². The molecule has 0 bridgehead atoms. The monoisotopic (exact) mass is 224 g/mol. The number of hydrogen-bond donors (Lipinski definition) is 4. The Balaban J connectivity index is 0.000000386. The minimum absolute atomic E-state index is 0.571. The highest BCUT2D eigenvalue weighted by Gasteiger charge is 2.14. The van der Waals surface area contributed by atoms with E-state index in [-0.39, 0.29) is 0 Å². The van der Waals surface area contributed by atoms with Crippen LogP contribution in [0.25, 0.3) is 0 Å². The van der Waals surface area contributed by atoms with Crippen molar-refractivity contribution < 1.29 is 0 Å². The largest absolute Gasteiger partial charge is 0.390 e. The van der Waals surface area contributed by atoms with E-state index in [9.17, 15) is 0 Å². The Bertz CT molecular complexity index is 302. The number of rotatable bonds is 2. The lowest BCUT2D eigenvalue weighted by molar-refractivity contribution is 0.343. The number of nitrogens with two attached hydrogens (primary N) is 2. The summed E-state index contributed by atoms with van der Waals surface area (Å²) in [5, 5.41) is 13.5. The number of nitrogens with one attached hydrogen (secondary N) is 2. The van der Waals surface area contributed by atoms with Gasteiger partial charge in [0.05, 0.1) is 18.6 Å². The number of aromatic nitrogens is 2. The Morgan fingerprint density at radius 1 is 1.56 bits per heavy atom. The molecule has 0 atom stereocenters. The molecule has 16 heavy (non-hydrogen) atoms. The van der Waals surface area contributed by atoms with Crippen molar-refractivity contribution in [1.82, 2.24) is 15.1 Å². The normalized spacial score (nSPS) is 16.3. The van der Waals surface area contributed by atoms with Gasteiger partial charge in [0.15, 0.2) is 0 Å². The fourth-order valence-electron chi connectivity index (χ4n) is 1.75. The van der Waals surface area contributed by atoms with Crippen LogP contribution >= 0.6 is 0 Å². The van der Waals surface area contributed by atoms with Crippen LogP contribution in [-0.4, -0.2) is 29.2 Å². The summed E-state index contributed by atoms with van der Waals surface area (Å²) in [6.45, 7) is 2.79. The molecule has 6 N–H and O–H groups in total. The first-order valence-corrected chi connectivity index (χ1v) is 5.46. The molecule has 90 valence electrons. The van der Waals surface area contributed by atoms with Crippen molar-refractivity contribution in [1.29, 1.82) is 5.41 Å². The molecule has 0 amide bonds. The number of nitrogens with zero attached hydrogens (tertiary/aromatic N) is 2. The van der Waals surface area contributed by atoms with Crippen molar-refractivity contribution in [2.45, 2.75) is 25.4 Å². The molecule has 1 aromatic rings. The molecule has 0 unspecified atom stereocenters. The van der Waals surface area contributed by atoms with Gasteiger partial charge in [-0.15, -0.1) is 0 Å². The predicted octanol–water partition coefficient (Wildman–Crippen LogP) is -0.182. The lowest BCUT2D eigenvalue weighted by Gasteiger charge is -2.22. The van der Waals surface area contributed by atoms with Gasteiger partial charge in [-0.05, 0) is 25.9 Å². The number of hydrogen-bond acceptors (Lipinski definition) is 4. The van der Waals surface area contributed by atoms with Gasteiger partial charge in [-0.3, -0.25) is 10.1 Å². The van der Waals surface area contributed by atoms with Crippen molar-refractivity contribution >= 4 is 6.34 Å². The van der Waals surface area contributed by atoms with Crippen molar-refractivity contribution in [3.05, 3.63) is 18.0 Å². The lowest BCUT2D eigenvalue weighted by Crippen LogP contribution is -2.29. The van der Waals surface area contributed by atoms with Gasteiger partial charge in [0, 0.05) is 18.3 Å². The summed E-state index contributed by atoms with van der Waals surface area (Å²) in [7, 11) is 0. The van der Waals surface area contributed by atoms with Crippen LogP contribution in [-0.2, 0) is 6.54 Å². The summed E-state index contributed by atoms with van der Waals surface area (Å²) in [6, 6.07) is 0.571. The van der Waals surface area contributed by atoms with E-state index in [0.29, 0.717) is 12.6 Å². The van der Waals surface area contributed by atoms with Gasteiger partial charge in [-0.2, -0.15) is 5.10 Å². The van der Waals surface area contributed by atoms with E-state index in [2.05, 4.69) is 27.0 Å². The van der Waals surface area contributed by atoms with Crippen LogP contribution in [0.5, 0.6) is 0 Å². The summed E-state index contributed by atoms with van der Waals surface area (Å²) < 4.78 is 2.06. The molecule has 2 heterocycles. The Kier molecular flexibility index (Phi) is 5.52. The van der Waals surface area contributed by atoms with Crippen LogP contribution in [0.4, 0.5) is 0 Å². The summed E-state index contributed by atoms with van der Waals surface area (Å²) in [5.74, 6) is 0. The van der Waals surface area contributed by atoms with Gasteiger partial charge in [-0.1, -0.05) is 0 Å². The summed E-state index contributed by atoms with van der Waals surface area (Å²) in [4.78, 5) is 0. The highest BCUT2D eigenvalue weighted by Crippen LogP contribution is 2.17. The quantitative estimate of drug-likeness (QED) is 0.413. The average Bonchev–Trinajstić information content (AvgIpc) is 2.80. The maximum absolute atomic E-state index is 5.86. The standard InChI is InChI=1S/C9H16N4.CH4N2/c10-5-8-6-12-13(7-8)9-1-3-11-4-2-9;2-1-3/h6-7,9,11H,1-5,10H2;1H,(H3,2,3). The van der Waals surface area contributed by atoms with Crippen molar-refractivity contribution in [2.24, 2.45) is 11.5 Å². The second kappa shape index (κ2) is 6.97. The molecule has 0 radical (unpaired) electrons. The zero-order valence-corrected chi connectivity index (χ0v) is 9.39. The third kappa shape index (κ3) is 3.63. The highest BCUT2D eigenvalue weighted by atomic mass is 15.3. The van der Waals surface area contributed by atoms with E-state index >= 15 is 0 Å². The van der Waals surface area contributed by atoms with Gasteiger partial charge in [0.25, 0.3) is 0 Å². The Hall–Kier alpha value is -1.40. The van der Waals surface area contributed by atoms with Gasteiger partial charge >= 0.3 is 0 Å². The average molecular weight is 224 g/mol. The van der Waals surface area contributed by atoms with E-state index in [1.807, 2.05) is 6.20 Å². The molecule has 1 aliphatic rings. The lowest BCUT2D eigenvalue weighted by atomic mass is 10.1. The van der Waals surface area contributed by atoms with Crippen molar-refractivity contribution in [3.63, 3.8) is 0 Å². The Labute approximate surface area is 95.5 Å². The molecular weight excluding hydrogens is 204 g/mol. The minimum atomic E-state index is 0.571. The molecule has 6 heteroatoms. The second-order valence-corrected chi connectivity index (χ2v) is 3.68. The topological polar surface area (TPSA) is 106 Å². The molecule has 1 aliphatic heterocycles. The zero-order valence-electron chi connectivity index (χ0n) is 9.39. The summed E-state index contributed by atoms with van der Waals surface area (Å²) in [6.07, 6.45) is 7.02. The molecule has 1 aromatic heterocycles. The summed E-state index contributed by atoms with van der Waals surface area (Å²) >= 11 is 0. The molecule has 6 nitrogen and oxygen atoms in total. The van der Waals surface area contributed by atoms with Crippen molar-refractivity contribution in [2.75, 3.05) is 13.1 Å². The molecule has 2 rings (SSSR count). The molecule has 0 aromatic carbocycles. The van der Waals surface area contributed by atoms with Gasteiger partial charge < -0.3 is 16.8 Å². The van der Waals surface area contributed by atoms with Crippen LogP contribution in [0.15, 0.2) is 12.4 Å². The SMILES string of the molecule is N=CN.NCc1cnn(C2CCNCC2)c1. The molecule has 1 fully saturated rings. The molecular formula is C10H20N6. The predicted molar refractivity (Wildman–Crippen MR) is 64.2 cm³/mol. The first-order chi connectivity index (χ1) is 7.81. The molecule has 1 saturated heterocycles. The maximum atomic E-state index is 5.86. The molecule has 0 aliphatic carbocycles. The molecule has 0 spiro atoms. The third-order valence-corrected chi connectivity index (χ3v) is 2.57. The van der Waals surface area contributed by atoms with Gasteiger partial charge in [-0.25, -0.2) is 0 Å². The van der Waals surface area contributed by atoms with Crippen LogP contribution in [0, 0.1) is 5.41 Å². The zero-order chi connectivity index (χ0) is 11.8. The van der Waals surface area contributed by atoms with Gasteiger partial charge in [0.2, 0.25) is 0 Å². The first kappa shape index (κ1) is 12.7. The van der Waals surface area contributed by atoms with Crippen LogP contribution < -0.4 is 16.8 Å².